The zero-order valence-corrected chi connectivity index (χ0v) is 13.6. The highest BCUT2D eigenvalue weighted by atomic mass is 16.4. The first-order chi connectivity index (χ1) is 9.42. The highest BCUT2D eigenvalue weighted by molar-refractivity contribution is 5.79. The molecule has 1 atom stereocenters. The van der Waals surface area contributed by atoms with Gasteiger partial charge in [0, 0.05) is 13.1 Å². The van der Waals surface area contributed by atoms with Crippen LogP contribution in [0, 0.1) is 19.8 Å². The van der Waals surface area contributed by atoms with Crippen LogP contribution >= 0.6 is 0 Å². The summed E-state index contributed by atoms with van der Waals surface area (Å²) in [5, 5.41) is 6.61. The summed E-state index contributed by atoms with van der Waals surface area (Å²) in [7, 11) is 1.77. The summed E-state index contributed by atoms with van der Waals surface area (Å²) in [6.45, 7) is 11.1. The molecular weight excluding hydrogens is 252 g/mol. The van der Waals surface area contributed by atoms with Crippen molar-refractivity contribution in [2.75, 3.05) is 7.05 Å². The van der Waals surface area contributed by atoms with E-state index in [0.717, 1.165) is 29.8 Å². The van der Waals surface area contributed by atoms with Crippen molar-refractivity contribution in [2.45, 2.75) is 60.0 Å². The van der Waals surface area contributed by atoms with Gasteiger partial charge in [-0.2, -0.15) is 0 Å². The van der Waals surface area contributed by atoms with Crippen molar-refractivity contribution >= 4 is 5.96 Å². The Labute approximate surface area is 122 Å². The number of guanidine groups is 1. The minimum absolute atomic E-state index is 0.400. The van der Waals surface area contributed by atoms with Crippen LogP contribution in [0.15, 0.2) is 9.41 Å². The lowest BCUT2D eigenvalue weighted by Gasteiger charge is -2.18. The van der Waals surface area contributed by atoms with Crippen molar-refractivity contribution < 1.29 is 4.42 Å². The molecular formula is C15H28N4O. The fourth-order valence-corrected chi connectivity index (χ4v) is 1.86. The summed E-state index contributed by atoms with van der Waals surface area (Å²) < 4.78 is 5.54. The van der Waals surface area contributed by atoms with E-state index in [2.05, 4.69) is 41.4 Å². The summed E-state index contributed by atoms with van der Waals surface area (Å²) in [6, 6.07) is 0.400. The number of nitrogens with one attached hydrogen (secondary N) is 2. The minimum atomic E-state index is 0.400. The van der Waals surface area contributed by atoms with Crippen LogP contribution in [0.5, 0.6) is 0 Å². The number of hydrogen-bond acceptors (Lipinski definition) is 3. The van der Waals surface area contributed by atoms with Crippen molar-refractivity contribution in [2.24, 2.45) is 10.9 Å². The van der Waals surface area contributed by atoms with E-state index in [1.807, 2.05) is 13.8 Å². The molecule has 1 aromatic rings. The first-order valence-corrected chi connectivity index (χ1v) is 7.32. The molecule has 0 saturated carbocycles. The molecule has 0 aliphatic heterocycles. The molecule has 1 aromatic heterocycles. The van der Waals surface area contributed by atoms with Crippen LogP contribution in [0.2, 0.25) is 0 Å². The monoisotopic (exact) mass is 280 g/mol. The Kier molecular flexibility index (Phi) is 6.55. The van der Waals surface area contributed by atoms with E-state index in [0.29, 0.717) is 18.5 Å². The van der Waals surface area contributed by atoms with Crippen molar-refractivity contribution in [1.29, 1.82) is 0 Å². The van der Waals surface area contributed by atoms with E-state index >= 15 is 0 Å². The molecule has 20 heavy (non-hydrogen) atoms. The second-order valence-electron chi connectivity index (χ2n) is 5.69. The Balaban J connectivity index is 2.40. The maximum absolute atomic E-state index is 5.54. The summed E-state index contributed by atoms with van der Waals surface area (Å²) >= 11 is 0. The maximum Gasteiger partial charge on any atom is 0.214 e. The number of aryl methyl sites for hydroxylation is 2. The van der Waals surface area contributed by atoms with Crippen molar-refractivity contribution in [1.82, 2.24) is 15.6 Å². The predicted octanol–water partition coefficient (Wildman–Crippen LogP) is 2.78. The lowest BCUT2D eigenvalue weighted by molar-refractivity contribution is 0.459. The van der Waals surface area contributed by atoms with E-state index in [1.54, 1.807) is 7.05 Å². The third kappa shape index (κ3) is 5.63. The van der Waals surface area contributed by atoms with Gasteiger partial charge in [-0.3, -0.25) is 4.99 Å². The number of oxazole rings is 1. The molecule has 5 nitrogen and oxygen atoms in total. The SMILES string of the molecule is CN=C(NCc1nc(C)c(C)o1)NC(C)CCC(C)C. The molecule has 5 heteroatoms. The zero-order valence-electron chi connectivity index (χ0n) is 13.6. The van der Waals surface area contributed by atoms with Crippen LogP contribution in [-0.4, -0.2) is 24.0 Å². The number of hydrogen-bond donors (Lipinski definition) is 2. The fraction of sp³-hybridized carbons (Fsp3) is 0.733. The van der Waals surface area contributed by atoms with Crippen molar-refractivity contribution in [3.63, 3.8) is 0 Å². The second-order valence-corrected chi connectivity index (χ2v) is 5.69. The lowest BCUT2D eigenvalue weighted by atomic mass is 10.0. The third-order valence-electron chi connectivity index (χ3n) is 3.26. The highest BCUT2D eigenvalue weighted by Crippen LogP contribution is 2.08. The Morgan fingerprint density at radius 3 is 2.45 bits per heavy atom. The maximum atomic E-state index is 5.54. The van der Waals surface area contributed by atoms with Gasteiger partial charge in [-0.1, -0.05) is 13.8 Å². The molecule has 0 radical (unpaired) electrons. The molecule has 0 fully saturated rings. The second kappa shape index (κ2) is 7.92. The molecule has 0 bridgehead atoms. The zero-order chi connectivity index (χ0) is 15.1. The van der Waals surface area contributed by atoms with Crippen molar-refractivity contribution in [3.8, 4) is 0 Å². The van der Waals surface area contributed by atoms with Crippen molar-refractivity contribution in [3.05, 3.63) is 17.3 Å². The van der Waals surface area contributed by atoms with Gasteiger partial charge in [0.1, 0.15) is 5.76 Å². The minimum Gasteiger partial charge on any atom is -0.444 e. The van der Waals surface area contributed by atoms with Gasteiger partial charge in [-0.25, -0.2) is 4.98 Å². The van der Waals surface area contributed by atoms with Crippen LogP contribution in [0.1, 0.15) is 51.0 Å². The summed E-state index contributed by atoms with van der Waals surface area (Å²) in [6.07, 6.45) is 2.35. The van der Waals surface area contributed by atoms with Gasteiger partial charge in [-0.15, -0.1) is 0 Å². The molecule has 0 aliphatic rings. The molecule has 0 aliphatic carbocycles. The molecule has 1 unspecified atom stereocenters. The van der Waals surface area contributed by atoms with Crippen LogP contribution in [0.25, 0.3) is 0 Å². The first-order valence-electron chi connectivity index (χ1n) is 7.32. The van der Waals surface area contributed by atoms with Gasteiger partial charge in [-0.05, 0) is 39.5 Å². The summed E-state index contributed by atoms with van der Waals surface area (Å²) in [5.41, 5.74) is 0.940. The topological polar surface area (TPSA) is 62.5 Å². The van der Waals surface area contributed by atoms with Gasteiger partial charge in [0.25, 0.3) is 0 Å². The standard InChI is InChI=1S/C15H28N4O/c1-10(2)7-8-11(3)18-15(16-6)17-9-14-19-12(4)13(5)20-14/h10-11H,7-9H2,1-6H3,(H2,16,17,18). The molecule has 114 valence electrons. The predicted molar refractivity (Wildman–Crippen MR) is 82.8 cm³/mol. The number of aromatic nitrogens is 1. The molecule has 0 aromatic carbocycles. The van der Waals surface area contributed by atoms with Crippen LogP contribution in [-0.2, 0) is 6.54 Å². The first kappa shape index (κ1) is 16.5. The largest absolute Gasteiger partial charge is 0.444 e. The Bertz CT molecular complexity index is 418. The van der Waals surface area contributed by atoms with E-state index in [4.69, 9.17) is 4.42 Å². The van der Waals surface area contributed by atoms with Crippen LogP contribution in [0.4, 0.5) is 0 Å². The Hall–Kier alpha value is -1.52. The molecule has 0 saturated heterocycles. The number of aliphatic imine (C=N–C) groups is 1. The van der Waals surface area contributed by atoms with E-state index in [9.17, 15) is 0 Å². The highest BCUT2D eigenvalue weighted by Gasteiger charge is 2.09. The average molecular weight is 280 g/mol. The number of rotatable bonds is 6. The lowest BCUT2D eigenvalue weighted by Crippen LogP contribution is -2.42. The molecule has 1 rings (SSSR count). The van der Waals surface area contributed by atoms with Gasteiger partial charge in [0.2, 0.25) is 5.89 Å². The molecule has 0 spiro atoms. The molecule has 1 heterocycles. The normalized spacial score (nSPS) is 13.7. The fourth-order valence-electron chi connectivity index (χ4n) is 1.86. The van der Waals surface area contributed by atoms with Gasteiger partial charge < -0.3 is 15.1 Å². The number of nitrogens with zero attached hydrogens (tertiary/aromatic N) is 2. The smallest absolute Gasteiger partial charge is 0.214 e. The van der Waals surface area contributed by atoms with Gasteiger partial charge in [0.05, 0.1) is 12.2 Å². The summed E-state index contributed by atoms with van der Waals surface area (Å²) in [5.74, 6) is 3.08. The van der Waals surface area contributed by atoms with Crippen LogP contribution in [0.3, 0.4) is 0 Å². The van der Waals surface area contributed by atoms with Gasteiger partial charge in [0.15, 0.2) is 5.96 Å². The molecule has 0 amide bonds. The molecule has 2 N–H and O–H groups in total. The van der Waals surface area contributed by atoms with E-state index in [-0.39, 0.29) is 0 Å². The van der Waals surface area contributed by atoms with E-state index < -0.39 is 0 Å². The quantitative estimate of drug-likeness (QED) is 0.621. The van der Waals surface area contributed by atoms with Crippen LogP contribution < -0.4 is 10.6 Å². The van der Waals surface area contributed by atoms with Gasteiger partial charge >= 0.3 is 0 Å². The summed E-state index contributed by atoms with van der Waals surface area (Å²) in [4.78, 5) is 8.57. The Morgan fingerprint density at radius 2 is 1.95 bits per heavy atom. The average Bonchev–Trinajstić information content (AvgIpc) is 2.71. The van der Waals surface area contributed by atoms with E-state index in [1.165, 1.54) is 6.42 Å². The third-order valence-corrected chi connectivity index (χ3v) is 3.26. The Morgan fingerprint density at radius 1 is 1.25 bits per heavy atom.